The highest BCUT2D eigenvalue weighted by Gasteiger charge is 1.99. The minimum atomic E-state index is 0.847. The molecule has 0 bridgehead atoms. The Labute approximate surface area is 111 Å². The van der Waals surface area contributed by atoms with Gasteiger partial charge in [0, 0.05) is 13.7 Å². The molecule has 0 aliphatic heterocycles. The van der Waals surface area contributed by atoms with Crippen molar-refractivity contribution in [2.24, 2.45) is 0 Å². The van der Waals surface area contributed by atoms with Gasteiger partial charge in [-0.2, -0.15) is 0 Å². The van der Waals surface area contributed by atoms with Crippen LogP contribution in [0.25, 0.3) is 0 Å². The van der Waals surface area contributed by atoms with Gasteiger partial charge in [-0.05, 0) is 55.9 Å². The predicted molar refractivity (Wildman–Crippen MR) is 76.3 cm³/mol. The quantitative estimate of drug-likeness (QED) is 0.513. The van der Waals surface area contributed by atoms with Gasteiger partial charge in [-0.15, -0.1) is 0 Å². The number of ether oxygens (including phenoxy) is 2. The van der Waals surface area contributed by atoms with Gasteiger partial charge < -0.3 is 9.47 Å². The van der Waals surface area contributed by atoms with Crippen molar-refractivity contribution < 1.29 is 9.47 Å². The van der Waals surface area contributed by atoms with Crippen molar-refractivity contribution in [1.29, 1.82) is 0 Å². The maximum atomic E-state index is 5.25. The third-order valence-corrected chi connectivity index (χ3v) is 3.02. The molecule has 0 saturated heterocycles. The van der Waals surface area contributed by atoms with Gasteiger partial charge in [0.2, 0.25) is 0 Å². The summed E-state index contributed by atoms with van der Waals surface area (Å²) in [6.07, 6.45) is 8.87. The van der Waals surface area contributed by atoms with Crippen LogP contribution in [0.3, 0.4) is 0 Å². The van der Waals surface area contributed by atoms with E-state index in [1.165, 1.54) is 11.1 Å². The average Bonchev–Trinajstić information content (AvgIpc) is 2.39. The molecule has 0 fully saturated rings. The van der Waals surface area contributed by atoms with Crippen molar-refractivity contribution in [2.75, 3.05) is 20.8 Å². The lowest BCUT2D eigenvalue weighted by molar-refractivity contribution is 0.196. The molecule has 0 aliphatic carbocycles. The maximum Gasteiger partial charge on any atom is 0.119 e. The number of methoxy groups -OCH3 is 2. The van der Waals surface area contributed by atoms with Crippen LogP contribution in [0, 0.1) is 6.92 Å². The van der Waals surface area contributed by atoms with E-state index >= 15 is 0 Å². The Kier molecular flexibility index (Phi) is 7.19. The Bertz CT molecular complexity index is 369. The van der Waals surface area contributed by atoms with Crippen molar-refractivity contribution in [3.05, 3.63) is 41.5 Å². The zero-order chi connectivity index (χ0) is 13.2. The number of unbranched alkanes of at least 4 members (excludes halogenated alkanes) is 1. The third kappa shape index (κ3) is 5.37. The van der Waals surface area contributed by atoms with E-state index in [9.17, 15) is 0 Å². The van der Waals surface area contributed by atoms with E-state index in [0.29, 0.717) is 0 Å². The zero-order valence-corrected chi connectivity index (χ0v) is 11.7. The molecule has 0 aromatic heterocycles. The summed E-state index contributed by atoms with van der Waals surface area (Å²) in [5.41, 5.74) is 2.71. The van der Waals surface area contributed by atoms with Gasteiger partial charge in [-0.25, -0.2) is 0 Å². The molecule has 1 aromatic rings. The summed E-state index contributed by atoms with van der Waals surface area (Å²) in [6, 6.07) is 6.27. The predicted octanol–water partition coefficient (Wildman–Crippen LogP) is 3.92. The lowest BCUT2D eigenvalue weighted by Crippen LogP contribution is -1.91. The first-order valence-corrected chi connectivity index (χ1v) is 6.55. The molecule has 18 heavy (non-hydrogen) atoms. The molecule has 0 spiro atoms. The first-order valence-electron chi connectivity index (χ1n) is 6.55. The summed E-state index contributed by atoms with van der Waals surface area (Å²) in [4.78, 5) is 0. The number of allylic oxidation sites excluding steroid dienone is 2. The SMILES string of the molecule is COCCC/C=C/CCc1cc(OC)ccc1C. The van der Waals surface area contributed by atoms with E-state index in [-0.39, 0.29) is 0 Å². The molecule has 0 aliphatic rings. The Hall–Kier alpha value is -1.28. The number of hydrogen-bond acceptors (Lipinski definition) is 2. The Morgan fingerprint density at radius 3 is 2.61 bits per heavy atom. The molecule has 0 atom stereocenters. The minimum absolute atomic E-state index is 0.847. The van der Waals surface area contributed by atoms with Crippen LogP contribution in [0.5, 0.6) is 5.75 Å². The molecule has 100 valence electrons. The van der Waals surface area contributed by atoms with Gasteiger partial charge in [-0.3, -0.25) is 0 Å². The average molecular weight is 248 g/mol. The fourth-order valence-electron chi connectivity index (χ4n) is 1.86. The monoisotopic (exact) mass is 248 g/mol. The van der Waals surface area contributed by atoms with E-state index in [2.05, 4.69) is 31.2 Å². The molecule has 0 amide bonds. The second-order valence-electron chi connectivity index (χ2n) is 4.44. The second kappa shape index (κ2) is 8.76. The van der Waals surface area contributed by atoms with Crippen LogP contribution in [-0.4, -0.2) is 20.8 Å². The molecular formula is C16H24O2. The molecule has 1 aromatic carbocycles. The Balaban J connectivity index is 2.34. The van der Waals surface area contributed by atoms with Crippen molar-refractivity contribution in [3.63, 3.8) is 0 Å². The first kappa shape index (κ1) is 14.8. The Morgan fingerprint density at radius 2 is 1.89 bits per heavy atom. The molecule has 2 heteroatoms. The zero-order valence-electron chi connectivity index (χ0n) is 11.7. The van der Waals surface area contributed by atoms with Crippen LogP contribution in [0.1, 0.15) is 30.4 Å². The van der Waals surface area contributed by atoms with Crippen LogP contribution in [0.4, 0.5) is 0 Å². The van der Waals surface area contributed by atoms with Crippen LogP contribution in [0.2, 0.25) is 0 Å². The highest BCUT2D eigenvalue weighted by Crippen LogP contribution is 2.18. The highest BCUT2D eigenvalue weighted by molar-refractivity contribution is 5.35. The summed E-state index contributed by atoms with van der Waals surface area (Å²) in [7, 11) is 3.46. The van der Waals surface area contributed by atoms with Gasteiger partial charge in [-0.1, -0.05) is 18.2 Å². The fraction of sp³-hybridized carbons (Fsp3) is 0.500. The standard InChI is InChI=1S/C16H24O2/c1-14-10-11-16(18-3)13-15(14)9-7-5-4-6-8-12-17-2/h4-5,10-11,13H,6-9,12H2,1-3H3/b5-4+. The largest absolute Gasteiger partial charge is 0.497 e. The molecular weight excluding hydrogens is 224 g/mol. The van der Waals surface area contributed by atoms with E-state index in [1.807, 2.05) is 6.07 Å². The van der Waals surface area contributed by atoms with Crippen molar-refractivity contribution in [2.45, 2.75) is 32.6 Å². The van der Waals surface area contributed by atoms with Crippen molar-refractivity contribution in [3.8, 4) is 5.75 Å². The molecule has 0 N–H and O–H groups in total. The van der Waals surface area contributed by atoms with Gasteiger partial charge in [0.15, 0.2) is 0 Å². The smallest absolute Gasteiger partial charge is 0.119 e. The van der Waals surface area contributed by atoms with Crippen LogP contribution in [0.15, 0.2) is 30.4 Å². The van der Waals surface area contributed by atoms with Crippen molar-refractivity contribution >= 4 is 0 Å². The van der Waals surface area contributed by atoms with Gasteiger partial charge in [0.25, 0.3) is 0 Å². The molecule has 2 nitrogen and oxygen atoms in total. The normalized spacial score (nSPS) is 11.1. The fourth-order valence-corrected chi connectivity index (χ4v) is 1.86. The number of rotatable bonds is 8. The number of benzene rings is 1. The molecule has 1 rings (SSSR count). The lowest BCUT2D eigenvalue weighted by atomic mass is 10.0. The summed E-state index contributed by atoms with van der Waals surface area (Å²) in [5, 5.41) is 0. The molecule has 0 heterocycles. The first-order chi connectivity index (χ1) is 8.77. The Morgan fingerprint density at radius 1 is 1.11 bits per heavy atom. The summed E-state index contributed by atoms with van der Waals surface area (Å²) in [6.45, 7) is 3.00. The number of hydrogen-bond donors (Lipinski definition) is 0. The van der Waals surface area contributed by atoms with Crippen LogP contribution in [-0.2, 0) is 11.2 Å². The third-order valence-electron chi connectivity index (χ3n) is 3.02. The maximum absolute atomic E-state index is 5.25. The summed E-state index contributed by atoms with van der Waals surface area (Å²) >= 11 is 0. The lowest BCUT2D eigenvalue weighted by Gasteiger charge is -2.07. The van der Waals surface area contributed by atoms with Crippen LogP contribution < -0.4 is 4.74 Å². The van der Waals surface area contributed by atoms with Gasteiger partial charge >= 0.3 is 0 Å². The van der Waals surface area contributed by atoms with Crippen molar-refractivity contribution in [1.82, 2.24) is 0 Å². The molecule has 0 radical (unpaired) electrons. The second-order valence-corrected chi connectivity index (χ2v) is 4.44. The summed E-state index contributed by atoms with van der Waals surface area (Å²) < 4.78 is 10.3. The summed E-state index contributed by atoms with van der Waals surface area (Å²) in [5.74, 6) is 0.944. The topological polar surface area (TPSA) is 18.5 Å². The van der Waals surface area contributed by atoms with Crippen LogP contribution >= 0.6 is 0 Å². The highest BCUT2D eigenvalue weighted by atomic mass is 16.5. The minimum Gasteiger partial charge on any atom is -0.497 e. The van der Waals surface area contributed by atoms with E-state index < -0.39 is 0 Å². The van der Waals surface area contributed by atoms with E-state index in [4.69, 9.17) is 9.47 Å². The molecule has 0 unspecified atom stereocenters. The van der Waals surface area contributed by atoms with E-state index in [0.717, 1.165) is 38.0 Å². The number of aryl methyl sites for hydroxylation is 2. The van der Waals surface area contributed by atoms with Gasteiger partial charge in [0.05, 0.1) is 7.11 Å². The van der Waals surface area contributed by atoms with Gasteiger partial charge in [0.1, 0.15) is 5.75 Å². The molecule has 0 saturated carbocycles. The van der Waals surface area contributed by atoms with E-state index in [1.54, 1.807) is 14.2 Å².